The minimum Gasteiger partial charge on any atom is -0.352 e. The van der Waals surface area contributed by atoms with Crippen molar-refractivity contribution in [3.8, 4) is 0 Å². The topological polar surface area (TPSA) is 63.5 Å². The molecule has 0 radical (unpaired) electrons. The second-order valence-electron chi connectivity index (χ2n) is 4.02. The molecule has 0 aliphatic carbocycles. The Kier molecular flexibility index (Phi) is 3.72. The third kappa shape index (κ3) is 2.40. The van der Waals surface area contributed by atoms with Crippen molar-refractivity contribution >= 4 is 11.6 Å². The second kappa shape index (κ2) is 5.44. The summed E-state index contributed by atoms with van der Waals surface area (Å²) in [7, 11) is 0. The smallest absolute Gasteiger partial charge is 0.270 e. The standard InChI is InChI=1S/C13H15N3O2/c1-2-3-7-14-12(17)10-9-15-11-6-4-5-8-16(11)13(10)18/h4-6,8-9H,2-3,7H2,1H3,(H,14,17). The highest BCUT2D eigenvalue weighted by atomic mass is 16.2. The third-order valence-corrected chi connectivity index (χ3v) is 2.67. The van der Waals surface area contributed by atoms with E-state index < -0.39 is 0 Å². The molecular weight excluding hydrogens is 230 g/mol. The number of hydrogen-bond acceptors (Lipinski definition) is 3. The Morgan fingerprint density at radius 3 is 3.06 bits per heavy atom. The van der Waals surface area contributed by atoms with Gasteiger partial charge in [-0.05, 0) is 18.6 Å². The van der Waals surface area contributed by atoms with Crippen LogP contribution in [0.3, 0.4) is 0 Å². The molecule has 0 bridgehead atoms. The molecule has 0 fully saturated rings. The van der Waals surface area contributed by atoms with Crippen LogP contribution in [0.25, 0.3) is 5.65 Å². The lowest BCUT2D eigenvalue weighted by molar-refractivity contribution is 0.0951. The van der Waals surface area contributed by atoms with E-state index in [0.29, 0.717) is 12.2 Å². The fourth-order valence-electron chi connectivity index (χ4n) is 1.66. The molecule has 0 aliphatic rings. The van der Waals surface area contributed by atoms with Crippen molar-refractivity contribution in [2.24, 2.45) is 0 Å². The van der Waals surface area contributed by atoms with Gasteiger partial charge in [0.15, 0.2) is 0 Å². The Morgan fingerprint density at radius 1 is 1.44 bits per heavy atom. The van der Waals surface area contributed by atoms with E-state index in [-0.39, 0.29) is 17.0 Å². The molecule has 0 aromatic carbocycles. The molecule has 1 N–H and O–H groups in total. The number of amides is 1. The maximum absolute atomic E-state index is 12.1. The number of rotatable bonds is 4. The summed E-state index contributed by atoms with van der Waals surface area (Å²) in [6, 6.07) is 5.25. The van der Waals surface area contributed by atoms with E-state index in [4.69, 9.17) is 0 Å². The lowest BCUT2D eigenvalue weighted by Crippen LogP contribution is -2.32. The van der Waals surface area contributed by atoms with Crippen molar-refractivity contribution in [1.29, 1.82) is 0 Å². The van der Waals surface area contributed by atoms with E-state index in [9.17, 15) is 9.59 Å². The molecule has 2 aromatic heterocycles. The number of nitrogens with zero attached hydrogens (tertiary/aromatic N) is 2. The Hall–Kier alpha value is -2.17. The molecule has 2 aromatic rings. The van der Waals surface area contributed by atoms with Crippen LogP contribution in [0.5, 0.6) is 0 Å². The van der Waals surface area contributed by atoms with Crippen LogP contribution in [0.4, 0.5) is 0 Å². The average molecular weight is 245 g/mol. The minimum absolute atomic E-state index is 0.0785. The van der Waals surface area contributed by atoms with Gasteiger partial charge >= 0.3 is 0 Å². The lowest BCUT2D eigenvalue weighted by atomic mass is 10.3. The highest BCUT2D eigenvalue weighted by Crippen LogP contribution is 1.97. The number of nitrogens with one attached hydrogen (secondary N) is 1. The van der Waals surface area contributed by atoms with Crippen LogP contribution < -0.4 is 10.9 Å². The highest BCUT2D eigenvalue weighted by molar-refractivity contribution is 5.93. The maximum atomic E-state index is 12.1. The molecule has 0 aliphatic heterocycles. The first-order valence-electron chi connectivity index (χ1n) is 5.98. The first-order chi connectivity index (χ1) is 8.74. The molecule has 1 amide bonds. The Labute approximate surface area is 104 Å². The second-order valence-corrected chi connectivity index (χ2v) is 4.02. The molecule has 5 nitrogen and oxygen atoms in total. The summed E-state index contributed by atoms with van der Waals surface area (Å²) in [6.07, 6.45) is 4.83. The van der Waals surface area contributed by atoms with Gasteiger partial charge in [-0.2, -0.15) is 0 Å². The maximum Gasteiger partial charge on any atom is 0.270 e. The largest absolute Gasteiger partial charge is 0.352 e. The van der Waals surface area contributed by atoms with Gasteiger partial charge in [-0.3, -0.25) is 14.0 Å². The molecule has 2 rings (SSSR count). The molecule has 0 unspecified atom stereocenters. The number of unbranched alkanes of at least 4 members (excludes halogenated alkanes) is 1. The van der Waals surface area contributed by atoms with Crippen LogP contribution in [0.1, 0.15) is 30.1 Å². The van der Waals surface area contributed by atoms with Gasteiger partial charge < -0.3 is 5.32 Å². The zero-order valence-electron chi connectivity index (χ0n) is 10.2. The normalized spacial score (nSPS) is 10.5. The van der Waals surface area contributed by atoms with Gasteiger partial charge in [0.05, 0.1) is 0 Å². The van der Waals surface area contributed by atoms with Gasteiger partial charge in [-0.1, -0.05) is 19.4 Å². The summed E-state index contributed by atoms with van der Waals surface area (Å²) in [6.45, 7) is 2.62. The van der Waals surface area contributed by atoms with Crippen LogP contribution in [0.2, 0.25) is 0 Å². The Bertz CT molecular complexity index is 619. The number of carbonyl (C=O) groups is 1. The first kappa shape index (κ1) is 12.3. The van der Waals surface area contributed by atoms with Crippen molar-refractivity contribution in [3.05, 3.63) is 46.5 Å². The molecular formula is C13H15N3O2. The van der Waals surface area contributed by atoms with Gasteiger partial charge in [0.25, 0.3) is 11.5 Å². The monoisotopic (exact) mass is 245 g/mol. The molecule has 0 saturated carbocycles. The summed E-state index contributed by atoms with van der Waals surface area (Å²) in [5, 5.41) is 2.71. The predicted molar refractivity (Wildman–Crippen MR) is 68.7 cm³/mol. The van der Waals surface area contributed by atoms with Crippen molar-refractivity contribution in [2.45, 2.75) is 19.8 Å². The fourth-order valence-corrected chi connectivity index (χ4v) is 1.66. The SMILES string of the molecule is CCCCNC(=O)c1cnc2ccccn2c1=O. The van der Waals surface area contributed by atoms with E-state index >= 15 is 0 Å². The van der Waals surface area contributed by atoms with Gasteiger partial charge in [0, 0.05) is 18.9 Å². The van der Waals surface area contributed by atoms with Crippen LogP contribution in [-0.2, 0) is 0 Å². The van der Waals surface area contributed by atoms with Crippen molar-refractivity contribution in [1.82, 2.24) is 14.7 Å². The lowest BCUT2D eigenvalue weighted by Gasteiger charge is -2.05. The summed E-state index contributed by atoms with van der Waals surface area (Å²) < 4.78 is 1.37. The number of aromatic nitrogens is 2. The van der Waals surface area contributed by atoms with Crippen LogP contribution in [-0.4, -0.2) is 21.8 Å². The summed E-state index contributed by atoms with van der Waals surface area (Å²) in [4.78, 5) is 28.0. The Balaban J connectivity index is 2.31. The number of fused-ring (bicyclic) bond motifs is 1. The van der Waals surface area contributed by atoms with E-state index in [1.807, 2.05) is 6.92 Å². The molecule has 0 atom stereocenters. The summed E-state index contributed by atoms with van der Waals surface area (Å²) >= 11 is 0. The molecule has 5 heteroatoms. The molecule has 0 saturated heterocycles. The molecule has 94 valence electrons. The first-order valence-corrected chi connectivity index (χ1v) is 5.98. The van der Waals surface area contributed by atoms with Gasteiger partial charge in [-0.15, -0.1) is 0 Å². The van der Waals surface area contributed by atoms with Crippen LogP contribution in [0, 0.1) is 0 Å². The average Bonchev–Trinajstić information content (AvgIpc) is 2.39. The van der Waals surface area contributed by atoms with Gasteiger partial charge in [-0.25, -0.2) is 4.98 Å². The zero-order chi connectivity index (χ0) is 13.0. The van der Waals surface area contributed by atoms with Crippen LogP contribution in [0.15, 0.2) is 35.4 Å². The number of hydrogen-bond donors (Lipinski definition) is 1. The zero-order valence-corrected chi connectivity index (χ0v) is 10.2. The summed E-state index contributed by atoms with van der Waals surface area (Å²) in [5.74, 6) is -0.362. The van der Waals surface area contributed by atoms with E-state index in [0.717, 1.165) is 12.8 Å². The van der Waals surface area contributed by atoms with Crippen LogP contribution >= 0.6 is 0 Å². The minimum atomic E-state index is -0.362. The molecule has 18 heavy (non-hydrogen) atoms. The molecule has 0 spiro atoms. The van der Waals surface area contributed by atoms with Gasteiger partial charge in [0.2, 0.25) is 0 Å². The Morgan fingerprint density at radius 2 is 2.28 bits per heavy atom. The highest BCUT2D eigenvalue weighted by Gasteiger charge is 2.11. The number of carbonyl (C=O) groups excluding carboxylic acids is 1. The number of pyridine rings is 1. The van der Waals surface area contributed by atoms with Gasteiger partial charge in [0.1, 0.15) is 11.2 Å². The van der Waals surface area contributed by atoms with Crippen molar-refractivity contribution in [3.63, 3.8) is 0 Å². The summed E-state index contributed by atoms with van der Waals surface area (Å²) in [5.41, 5.74) is 0.275. The van der Waals surface area contributed by atoms with Crippen molar-refractivity contribution < 1.29 is 4.79 Å². The fraction of sp³-hybridized carbons (Fsp3) is 0.308. The third-order valence-electron chi connectivity index (χ3n) is 2.67. The van der Waals surface area contributed by atoms with E-state index in [1.54, 1.807) is 24.4 Å². The van der Waals surface area contributed by atoms with E-state index in [2.05, 4.69) is 10.3 Å². The predicted octanol–water partition coefficient (Wildman–Crippen LogP) is 1.22. The van der Waals surface area contributed by atoms with Crippen molar-refractivity contribution in [2.75, 3.05) is 6.54 Å². The quantitative estimate of drug-likeness (QED) is 0.824. The molecule has 2 heterocycles. The van der Waals surface area contributed by atoms with E-state index in [1.165, 1.54) is 10.6 Å².